The summed E-state index contributed by atoms with van der Waals surface area (Å²) in [6.07, 6.45) is 30.5. The molecule has 11 nitrogen and oxygen atoms in total. The van der Waals surface area contributed by atoms with Gasteiger partial charge in [0.15, 0.2) is 0 Å². The van der Waals surface area contributed by atoms with Crippen molar-refractivity contribution in [2.75, 3.05) is 26.3 Å². The van der Waals surface area contributed by atoms with Crippen LogP contribution < -0.4 is 0 Å². The van der Waals surface area contributed by atoms with Crippen LogP contribution in [0.3, 0.4) is 0 Å². The quantitative estimate of drug-likeness (QED) is 0.0325. The molecule has 510 valence electrons. The van der Waals surface area contributed by atoms with E-state index in [4.69, 9.17) is 31.2 Å². The van der Waals surface area contributed by atoms with Crippen LogP contribution in [0.1, 0.15) is 262 Å². The van der Waals surface area contributed by atoms with Gasteiger partial charge in [-0.05, 0) is 201 Å². The summed E-state index contributed by atoms with van der Waals surface area (Å²) in [5, 5.41) is 10.3. The lowest BCUT2D eigenvalue weighted by atomic mass is 9.47. The van der Waals surface area contributed by atoms with Crippen molar-refractivity contribution in [2.45, 2.75) is 273 Å². The minimum Gasteiger partial charge on any atom is -0.464 e. The minimum atomic E-state index is -1.01. The normalized spacial score (nSPS) is 33.3. The fraction of sp³-hybridized carbons (Fsp3) is 0.785. The molecular weight excluding hydrogens is 1190 g/mol. The molecule has 0 spiro atoms. The number of esters is 4. The van der Waals surface area contributed by atoms with Crippen molar-refractivity contribution in [3.05, 3.63) is 59.2 Å². The number of rotatable bonds is 29. The van der Waals surface area contributed by atoms with Crippen molar-refractivity contribution in [2.24, 2.45) is 92.7 Å². The third-order valence-electron chi connectivity index (χ3n) is 26.2. The smallest absolute Gasteiger partial charge is 0.306 e. The Kier molecular flexibility index (Phi) is 24.7. The molecule has 1 aromatic rings. The van der Waals surface area contributed by atoms with Crippen molar-refractivity contribution in [1.82, 2.24) is 4.90 Å². The molecule has 92 heavy (non-hydrogen) atoms. The highest BCUT2D eigenvalue weighted by atomic mass is 32.2. The Bertz CT molecular complexity index is 2700. The van der Waals surface area contributed by atoms with E-state index < -0.39 is 28.6 Å². The van der Waals surface area contributed by atoms with Crippen LogP contribution in [0.5, 0.6) is 0 Å². The number of ether oxygens (including phenoxy) is 4. The number of carbonyl (C=O) groups is 5. The van der Waals surface area contributed by atoms with Crippen LogP contribution in [0.2, 0.25) is 0 Å². The summed E-state index contributed by atoms with van der Waals surface area (Å²) in [5.41, 5.74) is 4.87. The van der Waals surface area contributed by atoms with Gasteiger partial charge in [0.1, 0.15) is 30.2 Å². The summed E-state index contributed by atoms with van der Waals surface area (Å²) in [7, 11) is 0. The van der Waals surface area contributed by atoms with Gasteiger partial charge in [0, 0.05) is 19.3 Å². The van der Waals surface area contributed by atoms with Gasteiger partial charge >= 0.3 is 23.9 Å². The van der Waals surface area contributed by atoms with Gasteiger partial charge in [0.2, 0.25) is 5.91 Å². The number of thiocarbonyl (C=S) groups is 1. The number of hydrogen-bond donors (Lipinski definition) is 0. The lowest BCUT2D eigenvalue weighted by Crippen LogP contribution is -2.51. The standard InChI is InChI=1S/C79H118N2O9S2/c1-52(2)17-15-19-54(5)63-27-29-65-61-25-23-57-49-59(35-41-76(57,8)67(61)37-43-78(63,65)10)89-72(85)33-31-70(83)87-47-45-81(69(82)39-40-75(7,51-80)92-74(91)56-21-13-12-14-22-56)46-48-88-71(84)32-34-73(86)90-60-36-42-77(9)58(50-60)24-26-62-66-30-28-64(55(6)20-16-18-53(3)4)79(66,11)44-38-68(62)77/h12-14,21-24,52-55,59-68H,15-20,25-50H2,1-11H3/t54-,55-,59?,60?,61+,62+,63-,64-,65+,66+,67+,68+,75?,76+,77+,78-,79-/m1/s1. The molecule has 3 unspecified atom stereocenters. The van der Waals surface area contributed by atoms with Gasteiger partial charge in [-0.1, -0.05) is 185 Å². The first-order valence-corrected chi connectivity index (χ1v) is 38.1. The van der Waals surface area contributed by atoms with E-state index in [1.54, 1.807) is 6.92 Å². The second-order valence-electron chi connectivity index (χ2n) is 32.7. The predicted octanol–water partition coefficient (Wildman–Crippen LogP) is 18.5. The van der Waals surface area contributed by atoms with Crippen LogP contribution in [0, 0.1) is 104 Å². The molecule has 0 heterocycles. The van der Waals surface area contributed by atoms with Gasteiger partial charge < -0.3 is 23.8 Å². The molecule has 1 amide bonds. The second-order valence-corrected chi connectivity index (χ2v) is 34.9. The lowest BCUT2D eigenvalue weighted by Gasteiger charge is -2.58. The van der Waals surface area contributed by atoms with Gasteiger partial charge in [-0.15, -0.1) is 0 Å². The monoisotopic (exact) mass is 1300 g/mol. The number of thioether (sulfide) groups is 1. The van der Waals surface area contributed by atoms with E-state index >= 15 is 0 Å². The molecular formula is C79H118N2O9S2. The number of allylic oxidation sites excluding steroid dienone is 2. The van der Waals surface area contributed by atoms with Crippen molar-refractivity contribution < 1.29 is 42.9 Å². The molecule has 13 heteroatoms. The number of amides is 1. The van der Waals surface area contributed by atoms with E-state index in [9.17, 15) is 29.2 Å². The molecule has 8 aliphatic rings. The van der Waals surface area contributed by atoms with Crippen LogP contribution in [0.4, 0.5) is 0 Å². The number of fused-ring (bicyclic) bond motifs is 10. The van der Waals surface area contributed by atoms with E-state index in [0.29, 0.717) is 26.9 Å². The lowest BCUT2D eigenvalue weighted by molar-refractivity contribution is -0.156. The van der Waals surface area contributed by atoms with Crippen molar-refractivity contribution in [3.8, 4) is 6.07 Å². The Hall–Kier alpha value is -4.02. The molecule has 8 aliphatic carbocycles. The highest BCUT2D eigenvalue weighted by molar-refractivity contribution is 8.24. The maximum absolute atomic E-state index is 14.0. The third-order valence-corrected chi connectivity index (χ3v) is 27.8. The summed E-state index contributed by atoms with van der Waals surface area (Å²) < 4.78 is 22.9. The summed E-state index contributed by atoms with van der Waals surface area (Å²) in [5.74, 6) is 6.84. The van der Waals surface area contributed by atoms with Gasteiger partial charge in [-0.3, -0.25) is 24.0 Å². The first-order valence-electron chi connectivity index (χ1n) is 36.9. The molecule has 6 saturated carbocycles. The second kappa shape index (κ2) is 31.5. The molecule has 9 rings (SSSR count). The number of benzene rings is 1. The van der Waals surface area contributed by atoms with Gasteiger partial charge in [0.05, 0.1) is 49.0 Å². The van der Waals surface area contributed by atoms with Crippen LogP contribution in [0.15, 0.2) is 53.6 Å². The van der Waals surface area contributed by atoms with Crippen molar-refractivity contribution in [3.63, 3.8) is 0 Å². The average Bonchev–Trinajstić information content (AvgIpc) is 1.36. The van der Waals surface area contributed by atoms with Crippen molar-refractivity contribution in [1.29, 1.82) is 5.26 Å². The zero-order chi connectivity index (χ0) is 66.2. The average molecular weight is 1300 g/mol. The highest BCUT2D eigenvalue weighted by Crippen LogP contribution is 2.69. The fourth-order valence-corrected chi connectivity index (χ4v) is 22.5. The molecule has 0 radical (unpaired) electrons. The molecule has 1 aromatic carbocycles. The summed E-state index contributed by atoms with van der Waals surface area (Å²) >= 11 is 6.94. The van der Waals surface area contributed by atoms with Gasteiger partial charge in [0.25, 0.3) is 0 Å². The Morgan fingerprint density at radius 2 is 1.04 bits per heavy atom. The molecule has 0 aliphatic heterocycles. The van der Waals surface area contributed by atoms with E-state index in [-0.39, 0.29) is 93.8 Å². The molecule has 0 N–H and O–H groups in total. The van der Waals surface area contributed by atoms with Crippen LogP contribution in [0.25, 0.3) is 0 Å². The Morgan fingerprint density at radius 3 is 1.48 bits per heavy atom. The predicted molar refractivity (Wildman–Crippen MR) is 372 cm³/mol. The number of carbonyl (C=O) groups excluding carboxylic acids is 5. The Morgan fingerprint density at radius 1 is 0.598 bits per heavy atom. The number of hydrogen-bond acceptors (Lipinski definition) is 12. The maximum atomic E-state index is 14.0. The maximum Gasteiger partial charge on any atom is 0.306 e. The van der Waals surface area contributed by atoms with E-state index in [0.717, 1.165) is 116 Å². The SMILES string of the molecule is CC(C)CCC[C@@H](C)[C@H]1CC[C@H]2[C@@H]3CC=C4CC(OC(=O)CCC(=O)OCCN(CCOC(=O)CCC(=O)OC5CC[C@@]6(C)C(=CC[C@H]7[C@@H]8CC[C@H]([C@H](C)CCCC(C)C)[C@@]8(C)CC[C@@H]76)C5)C(=O)CCC(C)(C#N)SC(=S)c5ccccc5)CC[C@]4(C)[C@H]3CC[C@]12C. The summed E-state index contributed by atoms with van der Waals surface area (Å²) in [6, 6.07) is 11.8. The Labute approximate surface area is 565 Å². The fourth-order valence-electron chi connectivity index (χ4n) is 20.9. The first-order chi connectivity index (χ1) is 43.8. The van der Waals surface area contributed by atoms with E-state index in [2.05, 4.69) is 87.5 Å². The Balaban J connectivity index is 0.714. The van der Waals surface area contributed by atoms with Crippen LogP contribution in [-0.4, -0.2) is 82.1 Å². The number of nitriles is 1. The van der Waals surface area contributed by atoms with Gasteiger partial charge in [-0.25, -0.2) is 0 Å². The summed E-state index contributed by atoms with van der Waals surface area (Å²) in [4.78, 5) is 68.5. The summed E-state index contributed by atoms with van der Waals surface area (Å²) in [6.45, 7) is 26.2. The molecule has 0 aromatic heterocycles. The van der Waals surface area contributed by atoms with E-state index in [1.165, 1.54) is 118 Å². The highest BCUT2D eigenvalue weighted by Gasteiger charge is 2.61. The van der Waals surface area contributed by atoms with Gasteiger partial charge in [-0.2, -0.15) is 5.26 Å². The topological polar surface area (TPSA) is 149 Å². The largest absolute Gasteiger partial charge is 0.464 e. The van der Waals surface area contributed by atoms with Crippen molar-refractivity contribution >= 4 is 58.0 Å². The molecule has 6 fully saturated rings. The minimum absolute atomic E-state index is 0.00429. The molecule has 0 bridgehead atoms. The zero-order valence-electron chi connectivity index (χ0n) is 58.6. The zero-order valence-corrected chi connectivity index (χ0v) is 60.3. The third kappa shape index (κ3) is 16.8. The first kappa shape index (κ1) is 72.3. The number of nitrogens with zero attached hydrogens (tertiary/aromatic N) is 2. The van der Waals surface area contributed by atoms with Crippen LogP contribution in [-0.2, 0) is 42.9 Å². The van der Waals surface area contributed by atoms with E-state index in [1.807, 2.05) is 30.3 Å². The molecule has 0 saturated heterocycles. The van der Waals surface area contributed by atoms with Crippen LogP contribution >= 0.6 is 24.0 Å². The molecule has 17 atom stereocenters.